The predicted octanol–water partition coefficient (Wildman–Crippen LogP) is 3.40. The lowest BCUT2D eigenvalue weighted by molar-refractivity contribution is -0.108. The van der Waals surface area contributed by atoms with Crippen LogP contribution in [0.2, 0.25) is 0 Å². The van der Waals surface area contributed by atoms with Gasteiger partial charge in [0.05, 0.1) is 15.0 Å². The highest BCUT2D eigenvalue weighted by Crippen LogP contribution is 2.39. The summed E-state index contributed by atoms with van der Waals surface area (Å²) >= 11 is 4.85. The van der Waals surface area contributed by atoms with Gasteiger partial charge >= 0.3 is 0 Å². The molecule has 0 radical (unpaired) electrons. The fourth-order valence-electron chi connectivity index (χ4n) is 2.32. The Hall–Kier alpha value is -2.19. The van der Waals surface area contributed by atoms with E-state index in [1.165, 1.54) is 11.3 Å². The van der Waals surface area contributed by atoms with Crippen molar-refractivity contribution < 1.29 is 9.59 Å². The highest BCUT2D eigenvalue weighted by atomic mass is 79.9. The van der Waals surface area contributed by atoms with Gasteiger partial charge < -0.3 is 9.72 Å². The Morgan fingerprint density at radius 3 is 2.91 bits per heavy atom. The zero-order chi connectivity index (χ0) is 16.6. The average molecular weight is 393 g/mol. The topological polar surface area (TPSA) is 75.5 Å². The molecule has 0 aliphatic heterocycles. The second kappa shape index (κ2) is 6.13. The van der Waals surface area contributed by atoms with Gasteiger partial charge in [-0.15, -0.1) is 11.3 Å². The van der Waals surface area contributed by atoms with Crippen LogP contribution >= 0.6 is 27.3 Å². The summed E-state index contributed by atoms with van der Waals surface area (Å²) in [5, 5.41) is 6.15. The molecule has 8 heteroatoms. The summed E-state index contributed by atoms with van der Waals surface area (Å²) in [6.45, 7) is 3.80. The Morgan fingerprint density at radius 1 is 1.39 bits per heavy atom. The number of nitrogens with zero attached hydrogens (tertiary/aromatic N) is 2. The number of rotatable bonds is 4. The molecule has 0 unspecified atom stereocenters. The van der Waals surface area contributed by atoms with Crippen molar-refractivity contribution in [3.05, 3.63) is 45.1 Å². The molecule has 0 aromatic carbocycles. The van der Waals surface area contributed by atoms with Crippen LogP contribution in [0.1, 0.15) is 21.5 Å². The van der Waals surface area contributed by atoms with E-state index >= 15 is 0 Å². The summed E-state index contributed by atoms with van der Waals surface area (Å²) in [6.07, 6.45) is 5.89. The molecule has 6 nitrogen and oxygen atoms in total. The van der Waals surface area contributed by atoms with Crippen LogP contribution in [0, 0.1) is 13.8 Å². The largest absolute Gasteiger partial charge is 0.343 e. The number of fused-ring (bicyclic) bond motifs is 1. The van der Waals surface area contributed by atoms with Crippen LogP contribution in [0.3, 0.4) is 0 Å². The highest BCUT2D eigenvalue weighted by Gasteiger charge is 2.21. The number of hydrogen-bond donors (Lipinski definition) is 2. The number of hydrogen-bond acceptors (Lipinski definition) is 5. The molecule has 0 saturated carbocycles. The van der Waals surface area contributed by atoms with Gasteiger partial charge in [0, 0.05) is 18.6 Å². The van der Waals surface area contributed by atoms with Crippen molar-refractivity contribution in [2.45, 2.75) is 13.8 Å². The van der Waals surface area contributed by atoms with E-state index in [1.54, 1.807) is 6.20 Å². The number of imide groups is 1. The normalized spacial score (nSPS) is 10.7. The molecular weight excluding hydrogens is 380 g/mol. The maximum absolute atomic E-state index is 12.2. The molecule has 0 bridgehead atoms. The van der Waals surface area contributed by atoms with E-state index < -0.39 is 5.91 Å². The van der Waals surface area contributed by atoms with E-state index in [9.17, 15) is 9.59 Å². The minimum absolute atomic E-state index is 0.387. The number of aromatic nitrogens is 2. The van der Waals surface area contributed by atoms with E-state index in [0.717, 1.165) is 26.2 Å². The van der Waals surface area contributed by atoms with Crippen LogP contribution in [0.4, 0.5) is 10.7 Å². The highest BCUT2D eigenvalue weighted by molar-refractivity contribution is 9.11. The molecule has 2 N–H and O–H groups in total. The summed E-state index contributed by atoms with van der Waals surface area (Å²) in [5.41, 5.74) is 3.83. The van der Waals surface area contributed by atoms with E-state index in [-0.39, 0.29) is 0 Å². The molecule has 0 spiro atoms. The Balaban J connectivity index is 2.11. The first-order valence-corrected chi connectivity index (χ1v) is 8.36. The van der Waals surface area contributed by atoms with E-state index in [1.807, 2.05) is 36.7 Å². The number of amides is 2. The number of anilines is 2. The lowest BCUT2D eigenvalue weighted by atomic mass is 10.2. The van der Waals surface area contributed by atoms with Gasteiger partial charge in [0.15, 0.2) is 5.65 Å². The van der Waals surface area contributed by atoms with Crippen LogP contribution in [-0.4, -0.2) is 21.7 Å². The number of nitrogens with one attached hydrogen (secondary N) is 2. The summed E-state index contributed by atoms with van der Waals surface area (Å²) in [7, 11) is 0. The van der Waals surface area contributed by atoms with Gasteiger partial charge in [-0.1, -0.05) is 0 Å². The molecule has 23 heavy (non-hydrogen) atoms. The van der Waals surface area contributed by atoms with Crippen LogP contribution in [0.15, 0.2) is 28.4 Å². The number of imidazole rings is 1. The zero-order valence-electron chi connectivity index (χ0n) is 12.4. The summed E-state index contributed by atoms with van der Waals surface area (Å²) in [5.74, 6) is -0.435. The molecule has 0 aliphatic rings. The predicted molar refractivity (Wildman–Crippen MR) is 93.5 cm³/mol. The number of carbonyl (C=O) groups is 2. The second-order valence-corrected chi connectivity index (χ2v) is 7.29. The molecule has 0 atom stereocenters. The number of pyridine rings is 1. The van der Waals surface area contributed by atoms with Crippen molar-refractivity contribution in [3.8, 4) is 0 Å². The SMILES string of the molecule is Cc1ccn2ccnc2c1Nc1sc(Br)c(C)c1C(=O)NC=O. The minimum Gasteiger partial charge on any atom is -0.343 e. The Morgan fingerprint density at radius 2 is 2.17 bits per heavy atom. The quantitative estimate of drug-likeness (QED) is 0.667. The Kier molecular flexibility index (Phi) is 4.18. The van der Waals surface area contributed by atoms with Crippen molar-refractivity contribution in [1.82, 2.24) is 14.7 Å². The number of aryl methyl sites for hydroxylation is 1. The van der Waals surface area contributed by atoms with Crippen LogP contribution < -0.4 is 10.6 Å². The number of carbonyl (C=O) groups excluding carboxylic acids is 2. The van der Waals surface area contributed by atoms with Gasteiger partial charge in [0.1, 0.15) is 5.00 Å². The van der Waals surface area contributed by atoms with E-state index in [0.29, 0.717) is 17.0 Å². The monoisotopic (exact) mass is 392 g/mol. The molecule has 3 rings (SSSR count). The van der Waals surface area contributed by atoms with Gasteiger partial charge in [-0.3, -0.25) is 14.9 Å². The van der Waals surface area contributed by atoms with Crippen molar-refractivity contribution in [3.63, 3.8) is 0 Å². The van der Waals surface area contributed by atoms with E-state index in [2.05, 4.69) is 31.5 Å². The summed E-state index contributed by atoms with van der Waals surface area (Å²) in [6, 6.07) is 1.97. The molecule has 3 heterocycles. The molecule has 3 aromatic heterocycles. The van der Waals surface area contributed by atoms with Gasteiger partial charge in [0.25, 0.3) is 5.91 Å². The summed E-state index contributed by atoms with van der Waals surface area (Å²) in [4.78, 5) is 27.1. The maximum Gasteiger partial charge on any atom is 0.260 e. The standard InChI is InChI=1S/C15H13BrN4O2S/c1-8-3-5-20-6-4-17-13(20)11(8)19-15-10(14(22)18-7-21)9(2)12(16)23-15/h3-7,19H,1-2H3,(H,18,21,22). The first-order chi connectivity index (χ1) is 11.0. The molecule has 0 saturated heterocycles. The van der Waals surface area contributed by atoms with Crippen LogP contribution in [0.25, 0.3) is 5.65 Å². The summed E-state index contributed by atoms with van der Waals surface area (Å²) < 4.78 is 2.74. The molecule has 0 aliphatic carbocycles. The molecule has 0 fully saturated rings. The lowest BCUT2D eigenvalue weighted by Gasteiger charge is -2.11. The third-order valence-electron chi connectivity index (χ3n) is 3.52. The number of halogens is 1. The fourth-order valence-corrected chi connectivity index (χ4v) is 3.94. The first kappa shape index (κ1) is 15.7. The third-order valence-corrected chi connectivity index (χ3v) is 5.59. The first-order valence-electron chi connectivity index (χ1n) is 6.75. The van der Waals surface area contributed by atoms with E-state index in [4.69, 9.17) is 0 Å². The Labute approximate surface area is 144 Å². The molecular formula is C15H13BrN4O2S. The number of thiophene rings is 1. The fraction of sp³-hybridized carbons (Fsp3) is 0.133. The molecule has 118 valence electrons. The lowest BCUT2D eigenvalue weighted by Crippen LogP contribution is -2.22. The minimum atomic E-state index is -0.435. The zero-order valence-corrected chi connectivity index (χ0v) is 14.8. The average Bonchev–Trinajstić information content (AvgIpc) is 3.08. The third kappa shape index (κ3) is 2.75. The Bertz CT molecular complexity index is 916. The van der Waals surface area contributed by atoms with Crippen molar-refractivity contribution in [1.29, 1.82) is 0 Å². The van der Waals surface area contributed by atoms with Gasteiger partial charge in [-0.25, -0.2) is 4.98 Å². The van der Waals surface area contributed by atoms with Gasteiger partial charge in [-0.05, 0) is 47.0 Å². The maximum atomic E-state index is 12.2. The van der Waals surface area contributed by atoms with Crippen LogP contribution in [-0.2, 0) is 4.79 Å². The molecule has 2 amide bonds. The van der Waals surface area contributed by atoms with Gasteiger partial charge in [0.2, 0.25) is 6.41 Å². The van der Waals surface area contributed by atoms with Crippen LogP contribution in [0.5, 0.6) is 0 Å². The smallest absolute Gasteiger partial charge is 0.260 e. The molecule has 3 aromatic rings. The second-order valence-electron chi connectivity index (χ2n) is 4.95. The van der Waals surface area contributed by atoms with Crippen molar-refractivity contribution in [2.24, 2.45) is 0 Å². The van der Waals surface area contributed by atoms with Gasteiger partial charge in [-0.2, -0.15) is 0 Å². The van der Waals surface area contributed by atoms with Crippen molar-refractivity contribution in [2.75, 3.05) is 5.32 Å². The van der Waals surface area contributed by atoms with Crippen molar-refractivity contribution >= 4 is 55.9 Å².